The Morgan fingerprint density at radius 2 is 1.96 bits per heavy atom. The fraction of sp³-hybridized carbons (Fsp3) is 0.438. The molecule has 122 valence electrons. The summed E-state index contributed by atoms with van der Waals surface area (Å²) in [4.78, 5) is 16.7. The Morgan fingerprint density at radius 3 is 2.57 bits per heavy atom. The normalized spacial score (nSPS) is 17.0. The van der Waals surface area contributed by atoms with Gasteiger partial charge >= 0.3 is 0 Å². The number of hydrogen-bond acceptors (Lipinski definition) is 4. The fourth-order valence-electron chi connectivity index (χ4n) is 2.98. The predicted octanol–water partition coefficient (Wildman–Crippen LogP) is 3.25. The van der Waals surface area contributed by atoms with Crippen LogP contribution in [0.5, 0.6) is 0 Å². The van der Waals surface area contributed by atoms with Gasteiger partial charge in [0.05, 0.1) is 0 Å². The third kappa shape index (κ3) is 3.09. The Labute approximate surface area is 132 Å². The van der Waals surface area contributed by atoms with E-state index in [1.54, 1.807) is 6.92 Å². The van der Waals surface area contributed by atoms with E-state index in [0.29, 0.717) is 24.6 Å². The zero-order chi connectivity index (χ0) is 16.4. The van der Waals surface area contributed by atoms with Gasteiger partial charge in [-0.3, -0.25) is 4.79 Å². The van der Waals surface area contributed by atoms with Gasteiger partial charge in [0, 0.05) is 12.5 Å². The lowest BCUT2D eigenvalue weighted by Gasteiger charge is -2.35. The van der Waals surface area contributed by atoms with E-state index in [-0.39, 0.29) is 5.56 Å². The maximum absolute atomic E-state index is 13.3. The molecule has 1 N–H and O–H groups in total. The summed E-state index contributed by atoms with van der Waals surface area (Å²) in [5.41, 5.74) is -0.660. The van der Waals surface area contributed by atoms with E-state index in [1.807, 2.05) is 0 Å². The molecule has 1 aliphatic carbocycles. The molecule has 1 aromatic heterocycles. The molecule has 0 spiro atoms. The van der Waals surface area contributed by atoms with Crippen molar-refractivity contribution >= 4 is 5.91 Å². The number of aromatic nitrogens is 2. The van der Waals surface area contributed by atoms with Crippen LogP contribution in [-0.2, 0) is 5.54 Å². The van der Waals surface area contributed by atoms with Gasteiger partial charge in [-0.25, -0.2) is 8.78 Å². The second-order valence-electron chi connectivity index (χ2n) is 5.86. The van der Waals surface area contributed by atoms with E-state index in [0.717, 1.165) is 31.4 Å². The molecule has 0 atom stereocenters. The zero-order valence-electron chi connectivity index (χ0n) is 12.7. The highest BCUT2D eigenvalue weighted by atomic mass is 19.2. The van der Waals surface area contributed by atoms with E-state index in [9.17, 15) is 13.6 Å². The first-order valence-corrected chi connectivity index (χ1v) is 7.58. The van der Waals surface area contributed by atoms with E-state index >= 15 is 0 Å². The molecule has 1 aliphatic rings. The lowest BCUT2D eigenvalue weighted by atomic mass is 9.80. The molecule has 0 aliphatic heterocycles. The van der Waals surface area contributed by atoms with Gasteiger partial charge in [-0.1, -0.05) is 24.4 Å². The van der Waals surface area contributed by atoms with Gasteiger partial charge in [0.1, 0.15) is 5.54 Å². The van der Waals surface area contributed by atoms with Crippen LogP contribution in [0.1, 0.15) is 54.2 Å². The number of nitrogens with one attached hydrogen (secondary N) is 1. The van der Waals surface area contributed by atoms with Crippen molar-refractivity contribution in [3.63, 3.8) is 0 Å². The number of amides is 1. The van der Waals surface area contributed by atoms with Gasteiger partial charge in [-0.2, -0.15) is 4.98 Å². The number of halogens is 2. The summed E-state index contributed by atoms with van der Waals surface area (Å²) in [6.45, 7) is 1.68. The predicted molar refractivity (Wildman–Crippen MR) is 77.6 cm³/mol. The van der Waals surface area contributed by atoms with Crippen LogP contribution in [0.15, 0.2) is 22.7 Å². The first kappa shape index (κ1) is 15.6. The van der Waals surface area contributed by atoms with Crippen molar-refractivity contribution in [2.75, 3.05) is 0 Å². The van der Waals surface area contributed by atoms with E-state index in [4.69, 9.17) is 4.52 Å². The number of carbonyl (C=O) groups excluding carboxylic acids is 1. The summed E-state index contributed by atoms with van der Waals surface area (Å²) in [6.07, 6.45) is 4.28. The molecule has 23 heavy (non-hydrogen) atoms. The van der Waals surface area contributed by atoms with Crippen molar-refractivity contribution in [2.45, 2.75) is 44.6 Å². The molecular weight excluding hydrogens is 304 g/mol. The summed E-state index contributed by atoms with van der Waals surface area (Å²) < 4.78 is 31.4. The van der Waals surface area contributed by atoms with Gasteiger partial charge in [-0.05, 0) is 31.0 Å². The minimum absolute atomic E-state index is 0.0639. The Morgan fingerprint density at radius 1 is 1.22 bits per heavy atom. The lowest BCUT2D eigenvalue weighted by molar-refractivity contribution is 0.0855. The SMILES string of the molecule is Cc1nc(C2(NC(=O)c3ccc(F)c(F)c3)CCCCC2)no1. The highest BCUT2D eigenvalue weighted by Crippen LogP contribution is 2.36. The Kier molecular flexibility index (Phi) is 4.11. The van der Waals surface area contributed by atoms with Crippen LogP contribution in [0.4, 0.5) is 8.78 Å². The number of carbonyl (C=O) groups is 1. The Hall–Kier alpha value is -2.31. The molecule has 2 aromatic rings. The fourth-order valence-corrected chi connectivity index (χ4v) is 2.98. The van der Waals surface area contributed by atoms with Crippen molar-refractivity contribution in [1.29, 1.82) is 0 Å². The third-order valence-electron chi connectivity index (χ3n) is 4.20. The average molecular weight is 321 g/mol. The topological polar surface area (TPSA) is 68.0 Å². The smallest absolute Gasteiger partial charge is 0.252 e. The number of nitrogens with zero attached hydrogens (tertiary/aromatic N) is 2. The molecule has 1 fully saturated rings. The molecule has 1 amide bonds. The van der Waals surface area contributed by atoms with Crippen LogP contribution in [0.3, 0.4) is 0 Å². The molecule has 0 bridgehead atoms. The maximum Gasteiger partial charge on any atom is 0.252 e. The standard InChI is InChI=1S/C16H17F2N3O2/c1-10-19-15(21-23-10)16(7-3-2-4-8-16)20-14(22)11-5-6-12(17)13(18)9-11/h5-6,9H,2-4,7-8H2,1H3,(H,20,22). The summed E-state index contributed by atoms with van der Waals surface area (Å²) >= 11 is 0. The Balaban J connectivity index is 1.89. The van der Waals surface area contributed by atoms with Crippen LogP contribution in [0, 0.1) is 18.6 Å². The molecule has 0 saturated heterocycles. The number of rotatable bonds is 3. The van der Waals surface area contributed by atoms with Crippen molar-refractivity contribution in [1.82, 2.24) is 15.5 Å². The largest absolute Gasteiger partial charge is 0.340 e. The molecule has 0 radical (unpaired) electrons. The van der Waals surface area contributed by atoms with Crippen LogP contribution in [0.25, 0.3) is 0 Å². The van der Waals surface area contributed by atoms with Gasteiger partial charge in [0.25, 0.3) is 5.91 Å². The second-order valence-corrected chi connectivity index (χ2v) is 5.86. The molecule has 5 nitrogen and oxygen atoms in total. The van der Waals surface area contributed by atoms with E-state index < -0.39 is 23.1 Å². The van der Waals surface area contributed by atoms with E-state index in [1.165, 1.54) is 6.07 Å². The first-order valence-electron chi connectivity index (χ1n) is 7.58. The Bertz CT molecular complexity index is 724. The maximum atomic E-state index is 13.3. The molecule has 1 saturated carbocycles. The van der Waals surface area contributed by atoms with Crippen molar-refractivity contribution < 1.29 is 18.1 Å². The van der Waals surface area contributed by atoms with Crippen LogP contribution in [-0.4, -0.2) is 16.0 Å². The van der Waals surface area contributed by atoms with E-state index in [2.05, 4.69) is 15.5 Å². The molecular formula is C16H17F2N3O2. The van der Waals surface area contributed by atoms with Crippen molar-refractivity contribution in [3.8, 4) is 0 Å². The van der Waals surface area contributed by atoms with Gasteiger partial charge < -0.3 is 9.84 Å². The molecule has 1 aromatic carbocycles. The third-order valence-corrected chi connectivity index (χ3v) is 4.20. The lowest BCUT2D eigenvalue weighted by Crippen LogP contribution is -2.48. The highest BCUT2D eigenvalue weighted by molar-refractivity contribution is 5.94. The quantitative estimate of drug-likeness (QED) is 0.942. The van der Waals surface area contributed by atoms with Crippen LogP contribution >= 0.6 is 0 Å². The van der Waals surface area contributed by atoms with Gasteiger partial charge in [0.15, 0.2) is 17.5 Å². The summed E-state index contributed by atoms with van der Waals surface area (Å²) in [5.74, 6) is -1.65. The summed E-state index contributed by atoms with van der Waals surface area (Å²) in [5, 5.41) is 6.87. The van der Waals surface area contributed by atoms with Gasteiger partial charge in [-0.15, -0.1) is 0 Å². The van der Waals surface area contributed by atoms with Crippen LogP contribution < -0.4 is 5.32 Å². The van der Waals surface area contributed by atoms with Crippen molar-refractivity contribution in [3.05, 3.63) is 47.1 Å². The van der Waals surface area contributed by atoms with Crippen molar-refractivity contribution in [2.24, 2.45) is 0 Å². The first-order chi connectivity index (χ1) is 11.0. The number of aryl methyl sites for hydroxylation is 1. The minimum Gasteiger partial charge on any atom is -0.340 e. The molecule has 1 heterocycles. The average Bonchev–Trinajstić information content (AvgIpc) is 2.98. The second kappa shape index (κ2) is 6.06. The van der Waals surface area contributed by atoms with Gasteiger partial charge in [0.2, 0.25) is 5.89 Å². The monoisotopic (exact) mass is 321 g/mol. The zero-order valence-corrected chi connectivity index (χ0v) is 12.7. The summed E-state index contributed by atoms with van der Waals surface area (Å²) in [6, 6.07) is 3.09. The van der Waals surface area contributed by atoms with Crippen LogP contribution in [0.2, 0.25) is 0 Å². The molecule has 3 rings (SSSR count). The minimum atomic E-state index is -1.05. The summed E-state index contributed by atoms with van der Waals surface area (Å²) in [7, 11) is 0. The molecule has 0 unspecified atom stereocenters. The molecule has 7 heteroatoms. The number of hydrogen-bond donors (Lipinski definition) is 1. The number of benzene rings is 1. The highest BCUT2D eigenvalue weighted by Gasteiger charge is 2.39.